The van der Waals surface area contributed by atoms with Gasteiger partial charge in [0.05, 0.1) is 5.56 Å². The van der Waals surface area contributed by atoms with Crippen molar-refractivity contribution in [3.05, 3.63) is 70.8 Å². The Morgan fingerprint density at radius 1 is 1.05 bits per heavy atom. The fourth-order valence-corrected chi connectivity index (χ4v) is 1.89. The average Bonchev–Trinajstić information content (AvgIpc) is 2.47. The van der Waals surface area contributed by atoms with Crippen LogP contribution in [0.5, 0.6) is 5.75 Å². The van der Waals surface area contributed by atoms with Crippen molar-refractivity contribution in [2.45, 2.75) is 6.92 Å². The molecule has 0 aliphatic heterocycles. The fourth-order valence-electron chi connectivity index (χ4n) is 1.89. The Labute approximate surface area is 122 Å². The fraction of sp³-hybridized carbons (Fsp3) is 0.0588. The van der Waals surface area contributed by atoms with E-state index in [4.69, 9.17) is 5.11 Å². The molecule has 0 saturated carbocycles. The second-order valence-electron chi connectivity index (χ2n) is 4.60. The van der Waals surface area contributed by atoms with Gasteiger partial charge in [0, 0.05) is 11.1 Å². The highest BCUT2D eigenvalue weighted by atomic mass is 16.4. The summed E-state index contributed by atoms with van der Waals surface area (Å²) < 4.78 is 0. The number of hydrogen-bond donors (Lipinski definition) is 2. The maximum absolute atomic E-state index is 12.2. The van der Waals surface area contributed by atoms with Gasteiger partial charge in [-0.3, -0.25) is 4.79 Å². The molecule has 106 valence electrons. The monoisotopic (exact) mass is 282 g/mol. The number of carboxylic acid groups (broad SMARTS) is 1. The van der Waals surface area contributed by atoms with Crippen LogP contribution in [0.3, 0.4) is 0 Å². The number of rotatable bonds is 4. The molecule has 0 spiro atoms. The standard InChI is InChI=1S/C17H14O4/c1-11(17(20)21)9-12-7-8-14(15(18)10-12)16(19)13-5-3-2-4-6-13/h2-10,18H,1H3,(H,20,21). The lowest BCUT2D eigenvalue weighted by Gasteiger charge is -2.05. The van der Waals surface area contributed by atoms with Crippen LogP contribution in [-0.4, -0.2) is 22.0 Å². The van der Waals surface area contributed by atoms with E-state index in [1.807, 2.05) is 0 Å². The summed E-state index contributed by atoms with van der Waals surface area (Å²) in [5, 5.41) is 18.8. The maximum atomic E-state index is 12.2. The molecule has 0 atom stereocenters. The van der Waals surface area contributed by atoms with E-state index in [1.165, 1.54) is 25.1 Å². The number of phenols is 1. The molecule has 0 saturated heterocycles. The number of carbonyl (C=O) groups is 2. The van der Waals surface area contributed by atoms with Crippen LogP contribution < -0.4 is 0 Å². The molecule has 0 amide bonds. The molecule has 21 heavy (non-hydrogen) atoms. The third kappa shape index (κ3) is 3.36. The minimum atomic E-state index is -1.03. The Kier molecular flexibility index (Phi) is 4.18. The van der Waals surface area contributed by atoms with E-state index in [-0.39, 0.29) is 22.7 Å². The van der Waals surface area contributed by atoms with Crippen LogP contribution in [0.15, 0.2) is 54.1 Å². The Morgan fingerprint density at radius 2 is 1.71 bits per heavy atom. The van der Waals surface area contributed by atoms with Gasteiger partial charge in [-0.2, -0.15) is 0 Å². The Bertz CT molecular complexity index is 715. The number of aromatic hydroxyl groups is 1. The second kappa shape index (κ2) is 6.05. The average molecular weight is 282 g/mol. The lowest BCUT2D eigenvalue weighted by molar-refractivity contribution is -0.132. The molecule has 2 N–H and O–H groups in total. The Balaban J connectivity index is 2.34. The minimum Gasteiger partial charge on any atom is -0.507 e. The molecule has 2 aromatic rings. The highest BCUT2D eigenvalue weighted by molar-refractivity contribution is 6.10. The largest absolute Gasteiger partial charge is 0.507 e. The van der Waals surface area contributed by atoms with Crippen LogP contribution >= 0.6 is 0 Å². The van der Waals surface area contributed by atoms with Crippen LogP contribution in [0, 0.1) is 0 Å². The molecule has 0 bridgehead atoms. The van der Waals surface area contributed by atoms with Gasteiger partial charge in [-0.05, 0) is 30.7 Å². The third-order valence-corrected chi connectivity index (χ3v) is 3.02. The minimum absolute atomic E-state index is 0.150. The highest BCUT2D eigenvalue weighted by Gasteiger charge is 2.13. The smallest absolute Gasteiger partial charge is 0.331 e. The zero-order chi connectivity index (χ0) is 15.4. The molecular weight excluding hydrogens is 268 g/mol. The van der Waals surface area contributed by atoms with Gasteiger partial charge in [-0.15, -0.1) is 0 Å². The van der Waals surface area contributed by atoms with Crippen molar-refractivity contribution < 1.29 is 19.8 Å². The summed E-state index contributed by atoms with van der Waals surface area (Å²) in [7, 11) is 0. The number of carbonyl (C=O) groups excluding carboxylic acids is 1. The van der Waals surface area contributed by atoms with Gasteiger partial charge in [0.15, 0.2) is 5.78 Å². The first-order valence-corrected chi connectivity index (χ1v) is 6.33. The molecular formula is C17H14O4. The number of benzene rings is 2. The molecule has 0 aromatic heterocycles. The predicted molar refractivity (Wildman–Crippen MR) is 79.3 cm³/mol. The van der Waals surface area contributed by atoms with Gasteiger partial charge < -0.3 is 10.2 Å². The number of aliphatic carboxylic acids is 1. The predicted octanol–water partition coefficient (Wildman–Crippen LogP) is 3.11. The van der Waals surface area contributed by atoms with Crippen LogP contribution in [0.25, 0.3) is 6.08 Å². The van der Waals surface area contributed by atoms with Gasteiger partial charge in [0.2, 0.25) is 0 Å². The summed E-state index contributed by atoms with van der Waals surface area (Å²) in [5.74, 6) is -1.48. The van der Waals surface area contributed by atoms with Crippen LogP contribution in [-0.2, 0) is 4.79 Å². The zero-order valence-electron chi connectivity index (χ0n) is 11.4. The molecule has 4 nitrogen and oxygen atoms in total. The van der Waals surface area contributed by atoms with Gasteiger partial charge in [-0.1, -0.05) is 36.4 Å². The van der Waals surface area contributed by atoms with E-state index >= 15 is 0 Å². The molecule has 0 heterocycles. The molecule has 2 aromatic carbocycles. The van der Waals surface area contributed by atoms with Gasteiger partial charge in [-0.25, -0.2) is 4.79 Å². The summed E-state index contributed by atoms with van der Waals surface area (Å²) in [6.45, 7) is 1.46. The first kappa shape index (κ1) is 14.5. The first-order chi connectivity index (χ1) is 9.99. The van der Waals surface area contributed by atoms with E-state index in [1.54, 1.807) is 36.4 Å². The Hall–Kier alpha value is -2.88. The van der Waals surface area contributed by atoms with E-state index in [2.05, 4.69) is 0 Å². The van der Waals surface area contributed by atoms with Crippen molar-refractivity contribution in [3.8, 4) is 5.75 Å². The SMILES string of the molecule is CC(=Cc1ccc(C(=O)c2ccccc2)c(O)c1)C(=O)O. The summed E-state index contributed by atoms with van der Waals surface area (Å²) >= 11 is 0. The van der Waals surface area contributed by atoms with Crippen LogP contribution in [0.4, 0.5) is 0 Å². The maximum Gasteiger partial charge on any atom is 0.331 e. The first-order valence-electron chi connectivity index (χ1n) is 6.33. The number of carboxylic acids is 1. The second-order valence-corrected chi connectivity index (χ2v) is 4.60. The number of ketones is 1. The number of phenolic OH excluding ortho intramolecular Hbond substituents is 1. The van der Waals surface area contributed by atoms with Crippen molar-refractivity contribution in [1.29, 1.82) is 0 Å². The van der Waals surface area contributed by atoms with Gasteiger partial charge >= 0.3 is 5.97 Å². The molecule has 0 fully saturated rings. The molecule has 0 unspecified atom stereocenters. The summed E-state index contributed by atoms with van der Waals surface area (Å²) in [6, 6.07) is 13.1. The Morgan fingerprint density at radius 3 is 2.29 bits per heavy atom. The van der Waals surface area contributed by atoms with Gasteiger partial charge in [0.25, 0.3) is 0 Å². The van der Waals surface area contributed by atoms with Crippen molar-refractivity contribution in [2.24, 2.45) is 0 Å². The van der Waals surface area contributed by atoms with Crippen molar-refractivity contribution >= 4 is 17.8 Å². The summed E-state index contributed by atoms with van der Waals surface area (Å²) in [4.78, 5) is 23.0. The highest BCUT2D eigenvalue weighted by Crippen LogP contribution is 2.23. The van der Waals surface area contributed by atoms with Crippen molar-refractivity contribution in [1.82, 2.24) is 0 Å². The quantitative estimate of drug-likeness (QED) is 0.667. The molecule has 2 rings (SSSR count). The molecule has 0 radical (unpaired) electrons. The van der Waals surface area contributed by atoms with E-state index in [9.17, 15) is 14.7 Å². The third-order valence-electron chi connectivity index (χ3n) is 3.02. The zero-order valence-corrected chi connectivity index (χ0v) is 11.4. The molecule has 4 heteroatoms. The normalized spacial score (nSPS) is 11.2. The van der Waals surface area contributed by atoms with Crippen LogP contribution in [0.2, 0.25) is 0 Å². The lowest BCUT2D eigenvalue weighted by atomic mass is 10.0. The van der Waals surface area contributed by atoms with Crippen LogP contribution in [0.1, 0.15) is 28.4 Å². The molecule has 0 aliphatic carbocycles. The summed E-state index contributed by atoms with van der Waals surface area (Å²) in [5.41, 5.74) is 1.35. The van der Waals surface area contributed by atoms with E-state index < -0.39 is 5.97 Å². The van der Waals surface area contributed by atoms with Crippen molar-refractivity contribution in [2.75, 3.05) is 0 Å². The topological polar surface area (TPSA) is 74.6 Å². The molecule has 0 aliphatic rings. The lowest BCUT2D eigenvalue weighted by Crippen LogP contribution is -2.01. The summed E-state index contributed by atoms with van der Waals surface area (Å²) in [6.07, 6.45) is 1.43. The van der Waals surface area contributed by atoms with E-state index in [0.717, 1.165) is 0 Å². The number of hydrogen-bond acceptors (Lipinski definition) is 3. The van der Waals surface area contributed by atoms with Gasteiger partial charge in [0.1, 0.15) is 5.75 Å². The van der Waals surface area contributed by atoms with Crippen molar-refractivity contribution in [3.63, 3.8) is 0 Å². The van der Waals surface area contributed by atoms with E-state index in [0.29, 0.717) is 11.1 Å².